The second-order valence-corrected chi connectivity index (χ2v) is 13.9. The van der Waals surface area contributed by atoms with Crippen LogP contribution in [-0.4, -0.2) is 80.3 Å². The summed E-state index contributed by atoms with van der Waals surface area (Å²) in [6.45, 7) is 2.21. The highest BCUT2D eigenvalue weighted by molar-refractivity contribution is 7.89. The molecule has 3 N–H and O–H groups in total. The molecule has 240 valence electrons. The summed E-state index contributed by atoms with van der Waals surface area (Å²) < 4.78 is 59.4. The van der Waals surface area contributed by atoms with Crippen LogP contribution in [0.3, 0.4) is 0 Å². The molecule has 0 atom stereocenters. The van der Waals surface area contributed by atoms with Gasteiger partial charge in [-0.2, -0.15) is 4.31 Å². The van der Waals surface area contributed by atoms with Crippen LogP contribution in [0.4, 0.5) is 20.4 Å². The number of carbonyl (C=O) groups is 2. The van der Waals surface area contributed by atoms with E-state index < -0.39 is 21.9 Å². The van der Waals surface area contributed by atoms with Crippen LogP contribution >= 0.6 is 11.6 Å². The summed E-state index contributed by atoms with van der Waals surface area (Å²) in [6.07, 6.45) is 4.29. The molecular weight excluding hydrogens is 616 g/mol. The van der Waals surface area contributed by atoms with E-state index in [2.05, 4.69) is 15.3 Å². The average molecular weight is 654 g/mol. The van der Waals surface area contributed by atoms with Gasteiger partial charge >= 0.3 is 0 Å². The predicted molar refractivity (Wildman–Crippen MR) is 162 cm³/mol. The number of nitrogens with two attached hydrogens (primary N) is 1. The number of amides is 2. The lowest BCUT2D eigenvalue weighted by Gasteiger charge is -2.36. The third-order valence-corrected chi connectivity index (χ3v) is 10.8. The molecule has 0 unspecified atom stereocenters. The standard InChI is InChI=1S/C29H38ClF2N7O4S/c30-24-17-22(29(31,32)21-6-4-20(5-7-21)28(41)34-11-2-10-33)18-26(36-24)37-13-15-38(16-14-37)44(42,43)23-8-9-25(35-19-23)39-12-1-3-27(39)40/h8-9,17-21H,1-7,10-16,33H2,(H,34,41)/t20-,21-. The fourth-order valence-electron chi connectivity index (χ4n) is 6.13. The lowest BCUT2D eigenvalue weighted by molar-refractivity contribution is -0.129. The van der Waals surface area contributed by atoms with Crippen molar-refractivity contribution in [3.63, 3.8) is 0 Å². The van der Waals surface area contributed by atoms with E-state index in [1.165, 1.54) is 34.8 Å². The Morgan fingerprint density at radius 2 is 1.80 bits per heavy atom. The summed E-state index contributed by atoms with van der Waals surface area (Å²) in [6, 6.07) is 5.51. The van der Waals surface area contributed by atoms with Crippen molar-refractivity contribution in [3.05, 3.63) is 41.2 Å². The van der Waals surface area contributed by atoms with Crippen LogP contribution in [0.5, 0.6) is 0 Å². The largest absolute Gasteiger partial charge is 0.356 e. The Bertz CT molecular complexity index is 1450. The Hall–Kier alpha value is -2.94. The zero-order valence-electron chi connectivity index (χ0n) is 24.4. The molecule has 0 spiro atoms. The zero-order chi connectivity index (χ0) is 31.5. The van der Waals surface area contributed by atoms with Gasteiger partial charge in [0, 0.05) is 69.3 Å². The molecule has 5 rings (SSSR count). The van der Waals surface area contributed by atoms with E-state index in [4.69, 9.17) is 17.3 Å². The Balaban J connectivity index is 1.20. The number of aromatic nitrogens is 2. The molecule has 2 aliphatic heterocycles. The van der Waals surface area contributed by atoms with Crippen molar-refractivity contribution >= 4 is 45.1 Å². The van der Waals surface area contributed by atoms with Crippen molar-refractivity contribution < 1.29 is 26.8 Å². The number of anilines is 2. The maximum Gasteiger partial charge on any atom is 0.276 e. The zero-order valence-corrected chi connectivity index (χ0v) is 26.0. The number of hydrogen-bond donors (Lipinski definition) is 2. The van der Waals surface area contributed by atoms with Crippen LogP contribution in [0.15, 0.2) is 35.4 Å². The monoisotopic (exact) mass is 653 g/mol. The minimum atomic E-state index is -3.85. The first kappa shape index (κ1) is 32.5. The van der Waals surface area contributed by atoms with Crippen molar-refractivity contribution in [3.8, 4) is 0 Å². The fraction of sp³-hybridized carbons (Fsp3) is 0.586. The summed E-state index contributed by atoms with van der Waals surface area (Å²) in [5, 5.41) is 2.76. The molecule has 2 aromatic heterocycles. The topological polar surface area (TPSA) is 142 Å². The lowest BCUT2D eigenvalue weighted by Crippen LogP contribution is -2.49. The normalized spacial score (nSPS) is 22.0. The predicted octanol–water partition coefficient (Wildman–Crippen LogP) is 3.13. The summed E-state index contributed by atoms with van der Waals surface area (Å²) in [4.78, 5) is 36.2. The number of hydrogen-bond acceptors (Lipinski definition) is 8. The molecule has 1 aliphatic carbocycles. The molecule has 2 aromatic rings. The van der Waals surface area contributed by atoms with Crippen molar-refractivity contribution in [2.45, 2.75) is 55.8 Å². The number of pyridine rings is 2. The Morgan fingerprint density at radius 3 is 2.41 bits per heavy atom. The highest BCUT2D eigenvalue weighted by Gasteiger charge is 2.44. The summed E-state index contributed by atoms with van der Waals surface area (Å²) in [7, 11) is -3.85. The van der Waals surface area contributed by atoms with E-state index in [0.29, 0.717) is 51.1 Å². The van der Waals surface area contributed by atoms with Gasteiger partial charge in [-0.1, -0.05) is 11.6 Å². The number of carbonyl (C=O) groups excluding carboxylic acids is 2. The van der Waals surface area contributed by atoms with E-state index in [0.717, 1.165) is 6.42 Å². The number of alkyl halides is 2. The number of piperazine rings is 1. The van der Waals surface area contributed by atoms with E-state index >= 15 is 8.78 Å². The summed E-state index contributed by atoms with van der Waals surface area (Å²) >= 11 is 6.22. The van der Waals surface area contributed by atoms with Crippen LogP contribution in [-0.2, 0) is 25.5 Å². The minimum absolute atomic E-state index is 0.0203. The van der Waals surface area contributed by atoms with Crippen LogP contribution in [0.25, 0.3) is 0 Å². The molecule has 2 amide bonds. The third kappa shape index (κ3) is 6.98. The van der Waals surface area contributed by atoms with Gasteiger partial charge in [0.25, 0.3) is 5.92 Å². The van der Waals surface area contributed by atoms with Gasteiger partial charge in [-0.3, -0.25) is 14.5 Å². The second-order valence-electron chi connectivity index (χ2n) is 11.5. The van der Waals surface area contributed by atoms with Gasteiger partial charge in [-0.05, 0) is 69.3 Å². The van der Waals surface area contributed by atoms with E-state index in [1.54, 1.807) is 9.80 Å². The molecule has 2 saturated heterocycles. The molecule has 3 fully saturated rings. The van der Waals surface area contributed by atoms with Gasteiger partial charge in [-0.25, -0.2) is 27.2 Å². The van der Waals surface area contributed by atoms with Crippen LogP contribution < -0.4 is 20.9 Å². The third-order valence-electron chi connectivity index (χ3n) is 8.73. The molecular formula is C29H38ClF2N7O4S. The van der Waals surface area contributed by atoms with Crippen molar-refractivity contribution in [1.29, 1.82) is 0 Å². The average Bonchev–Trinajstić information content (AvgIpc) is 3.46. The first-order valence-corrected chi connectivity index (χ1v) is 16.9. The Labute approximate surface area is 261 Å². The SMILES string of the molecule is NCCCNC(=O)[C@H]1CC[C@H](C(F)(F)c2cc(Cl)nc(N3CCN(S(=O)(=O)c4ccc(N5CCCC5=O)nc4)CC3)c2)CC1. The Kier molecular flexibility index (Phi) is 10.0. The van der Waals surface area contributed by atoms with Crippen molar-refractivity contribution in [2.75, 3.05) is 55.6 Å². The second kappa shape index (κ2) is 13.6. The maximum absolute atomic E-state index is 15.8. The molecule has 0 bridgehead atoms. The molecule has 3 aliphatic rings. The summed E-state index contributed by atoms with van der Waals surface area (Å²) in [5.41, 5.74) is 5.23. The van der Waals surface area contributed by atoms with Crippen LogP contribution in [0, 0.1) is 11.8 Å². The van der Waals surface area contributed by atoms with Gasteiger partial charge in [0.15, 0.2) is 0 Å². The molecule has 0 aromatic carbocycles. The molecule has 44 heavy (non-hydrogen) atoms. The number of sulfonamides is 1. The first-order chi connectivity index (χ1) is 21.0. The molecule has 15 heteroatoms. The fourth-order valence-corrected chi connectivity index (χ4v) is 7.70. The molecule has 0 radical (unpaired) electrons. The Morgan fingerprint density at radius 1 is 1.07 bits per heavy atom. The van der Waals surface area contributed by atoms with Gasteiger partial charge < -0.3 is 16.0 Å². The number of nitrogens with one attached hydrogen (secondary N) is 1. The van der Waals surface area contributed by atoms with Crippen molar-refractivity contribution in [2.24, 2.45) is 17.6 Å². The minimum Gasteiger partial charge on any atom is -0.356 e. The van der Waals surface area contributed by atoms with Gasteiger partial charge in [-0.15, -0.1) is 0 Å². The van der Waals surface area contributed by atoms with E-state index in [-0.39, 0.29) is 78.2 Å². The highest BCUT2D eigenvalue weighted by atomic mass is 35.5. The number of halogens is 3. The van der Waals surface area contributed by atoms with Gasteiger partial charge in [0.05, 0.1) is 0 Å². The number of nitrogens with zero attached hydrogens (tertiary/aromatic N) is 5. The quantitative estimate of drug-likeness (QED) is 0.294. The highest BCUT2D eigenvalue weighted by Crippen LogP contribution is 2.46. The smallest absolute Gasteiger partial charge is 0.276 e. The molecule has 11 nitrogen and oxygen atoms in total. The lowest BCUT2D eigenvalue weighted by atomic mass is 9.77. The van der Waals surface area contributed by atoms with Gasteiger partial charge in [0.1, 0.15) is 21.7 Å². The first-order valence-electron chi connectivity index (χ1n) is 15.1. The maximum atomic E-state index is 15.8. The summed E-state index contributed by atoms with van der Waals surface area (Å²) in [5.74, 6) is -3.86. The van der Waals surface area contributed by atoms with Crippen LogP contribution in [0.2, 0.25) is 5.15 Å². The van der Waals surface area contributed by atoms with E-state index in [1.807, 2.05) is 0 Å². The molecule has 1 saturated carbocycles. The molecule has 4 heterocycles. The van der Waals surface area contributed by atoms with Crippen LogP contribution in [0.1, 0.15) is 50.5 Å². The van der Waals surface area contributed by atoms with Crippen molar-refractivity contribution in [1.82, 2.24) is 19.6 Å². The number of rotatable bonds is 10. The van der Waals surface area contributed by atoms with Gasteiger partial charge in [0.2, 0.25) is 21.8 Å². The van der Waals surface area contributed by atoms with E-state index in [9.17, 15) is 18.0 Å².